The first kappa shape index (κ1) is 72.0. The van der Waals surface area contributed by atoms with E-state index in [4.69, 9.17) is 0 Å². The van der Waals surface area contributed by atoms with Crippen LogP contribution in [0.3, 0.4) is 0 Å². The number of aromatic nitrogens is 3. The molecule has 0 saturated carbocycles. The van der Waals surface area contributed by atoms with Crippen LogP contribution >= 0.6 is 0 Å². The van der Waals surface area contributed by atoms with Crippen molar-refractivity contribution in [2.24, 2.45) is 21.1 Å². The van der Waals surface area contributed by atoms with Gasteiger partial charge in [0, 0.05) is 52.6 Å². The molecule has 0 bridgehead atoms. The SMILES string of the molecule is Cc1c[n+](C)c(-c2cc3c(cc2C)-c2ccccc2-c2ccccc2-c2ccccc2-3)cc1-c1ccccc1.Cc1cc2c(cc1-c1cc(-c3ccccc3)cc[n+]1C)-c1ccccc1-c1ccccc1-c1ccccc1-2.Cc1ccc(-c2cc[n+](C)c(-c3cc4c(cc3C)-c3ccccc3-c3ccccc3-c3ccccc3-4)c2)cc1. The predicted molar refractivity (Wildman–Crippen MR) is 485 cm³/mol. The van der Waals surface area contributed by atoms with Crippen LogP contribution in [0.5, 0.6) is 0 Å². The second-order valence-corrected chi connectivity index (χ2v) is 31.3. The zero-order valence-electron chi connectivity index (χ0n) is 66.8. The molecule has 0 aliphatic heterocycles. The lowest BCUT2D eigenvalue weighted by atomic mass is 9.79. The van der Waals surface area contributed by atoms with Crippen molar-refractivity contribution in [3.8, 4) is 201 Å². The lowest BCUT2D eigenvalue weighted by Crippen LogP contribution is -2.31. The molecule has 0 amide bonds. The Kier molecular flexibility index (Phi) is 18.8. The lowest BCUT2D eigenvalue weighted by molar-refractivity contribution is -0.660. The number of fused-ring (bicyclic) bond motifs is 24. The summed E-state index contributed by atoms with van der Waals surface area (Å²) in [7, 11) is 6.44. The summed E-state index contributed by atoms with van der Waals surface area (Å²) in [5.41, 5.74) is 51.9. The highest BCUT2D eigenvalue weighted by atomic mass is 14.9. The molecule has 21 rings (SSSR count). The second kappa shape index (κ2) is 30.3. The first-order valence-corrected chi connectivity index (χ1v) is 40.4. The van der Waals surface area contributed by atoms with Gasteiger partial charge in [-0.2, -0.15) is 0 Å². The van der Waals surface area contributed by atoms with E-state index in [2.05, 4.69) is 458 Å². The van der Waals surface area contributed by atoms with Crippen LogP contribution in [0.4, 0.5) is 0 Å². The van der Waals surface area contributed by atoms with E-state index in [1.807, 2.05) is 0 Å². The molecule has 18 aromatic rings. The zero-order valence-corrected chi connectivity index (χ0v) is 66.8. The molecular formula is C113H88N3+3. The third-order valence-electron chi connectivity index (χ3n) is 24.1. The van der Waals surface area contributed by atoms with Crippen LogP contribution in [0.2, 0.25) is 0 Å². The fraction of sp³-hybridized carbons (Fsp3) is 0.0708. The second-order valence-electron chi connectivity index (χ2n) is 31.3. The normalized spacial score (nSPS) is 11.4. The molecule has 0 spiro atoms. The van der Waals surface area contributed by atoms with Gasteiger partial charge in [0.1, 0.15) is 21.1 Å². The van der Waals surface area contributed by atoms with Gasteiger partial charge in [0.15, 0.2) is 18.6 Å². The van der Waals surface area contributed by atoms with Crippen molar-refractivity contribution < 1.29 is 13.7 Å². The topological polar surface area (TPSA) is 11.6 Å². The molecule has 0 unspecified atom stereocenters. The summed E-state index contributed by atoms with van der Waals surface area (Å²) in [4.78, 5) is 0. The molecule has 3 aromatic heterocycles. The summed E-state index contributed by atoms with van der Waals surface area (Å²) >= 11 is 0. The molecule has 0 N–H and O–H groups in total. The van der Waals surface area contributed by atoms with Crippen molar-refractivity contribution >= 4 is 0 Å². The number of hydrogen-bond donors (Lipinski definition) is 0. The summed E-state index contributed by atoms with van der Waals surface area (Å²) in [6.07, 6.45) is 6.61. The Morgan fingerprint density at radius 3 is 0.647 bits per heavy atom. The largest absolute Gasteiger partial charge is 0.213 e. The number of hydrogen-bond acceptors (Lipinski definition) is 0. The van der Waals surface area contributed by atoms with Gasteiger partial charge in [0.25, 0.3) is 0 Å². The average molecular weight is 1490 g/mol. The number of rotatable bonds is 6. The number of nitrogens with zero attached hydrogens (tertiary/aromatic N) is 3. The predicted octanol–water partition coefficient (Wildman–Crippen LogP) is 28.0. The van der Waals surface area contributed by atoms with Crippen LogP contribution in [0, 0.1) is 34.6 Å². The molecule has 15 aromatic carbocycles. The van der Waals surface area contributed by atoms with Crippen LogP contribution < -0.4 is 13.7 Å². The molecule has 116 heavy (non-hydrogen) atoms. The van der Waals surface area contributed by atoms with Crippen molar-refractivity contribution in [2.75, 3.05) is 0 Å². The van der Waals surface area contributed by atoms with Crippen LogP contribution in [0.1, 0.15) is 27.8 Å². The Hall–Kier alpha value is -14.3. The highest BCUT2D eigenvalue weighted by molar-refractivity contribution is 6.08. The Balaban J connectivity index is 0.000000116. The van der Waals surface area contributed by atoms with Gasteiger partial charge in [-0.3, -0.25) is 0 Å². The van der Waals surface area contributed by atoms with Crippen LogP contribution in [-0.2, 0) is 21.1 Å². The van der Waals surface area contributed by atoms with E-state index in [1.165, 1.54) is 228 Å². The van der Waals surface area contributed by atoms with Gasteiger partial charge in [0.2, 0.25) is 17.1 Å². The minimum absolute atomic E-state index is 1.21. The lowest BCUT2D eigenvalue weighted by Gasteiger charge is -2.24. The number of pyridine rings is 3. The van der Waals surface area contributed by atoms with Crippen molar-refractivity contribution in [3.63, 3.8) is 0 Å². The third-order valence-corrected chi connectivity index (χ3v) is 24.1. The van der Waals surface area contributed by atoms with E-state index >= 15 is 0 Å². The average Bonchev–Trinajstić information content (AvgIpc) is 0.746. The fourth-order valence-electron chi connectivity index (χ4n) is 18.3. The van der Waals surface area contributed by atoms with E-state index in [0.717, 1.165) is 0 Å². The summed E-state index contributed by atoms with van der Waals surface area (Å²) in [6.45, 7) is 11.1. The highest BCUT2D eigenvalue weighted by Crippen LogP contribution is 2.53. The molecule has 0 saturated heterocycles. The van der Waals surface area contributed by atoms with Crippen molar-refractivity contribution in [3.05, 3.63) is 416 Å². The van der Waals surface area contributed by atoms with E-state index in [1.54, 1.807) is 0 Å². The van der Waals surface area contributed by atoms with Gasteiger partial charge in [-0.25, -0.2) is 13.7 Å². The maximum Gasteiger partial charge on any atom is 0.213 e. The first-order valence-electron chi connectivity index (χ1n) is 40.4. The monoisotopic (exact) mass is 1490 g/mol. The summed E-state index contributed by atoms with van der Waals surface area (Å²) in [5, 5.41) is 0. The summed E-state index contributed by atoms with van der Waals surface area (Å²) in [5.74, 6) is 0. The summed E-state index contributed by atoms with van der Waals surface area (Å²) in [6, 6.07) is 136. The smallest absolute Gasteiger partial charge is 0.201 e. The quantitative estimate of drug-likeness (QED) is 0.147. The van der Waals surface area contributed by atoms with Gasteiger partial charge in [-0.15, -0.1) is 0 Å². The minimum Gasteiger partial charge on any atom is -0.201 e. The molecule has 0 atom stereocenters. The Bertz CT molecular complexity index is 6900. The van der Waals surface area contributed by atoms with Crippen molar-refractivity contribution in [1.82, 2.24) is 0 Å². The van der Waals surface area contributed by atoms with E-state index < -0.39 is 0 Å². The molecule has 3 heteroatoms. The van der Waals surface area contributed by atoms with E-state index in [-0.39, 0.29) is 0 Å². The molecule has 3 aliphatic carbocycles. The van der Waals surface area contributed by atoms with Gasteiger partial charge in [0.05, 0.1) is 0 Å². The van der Waals surface area contributed by atoms with Gasteiger partial charge >= 0.3 is 0 Å². The third kappa shape index (κ3) is 13.1. The molecule has 0 radical (unpaired) electrons. The summed E-state index contributed by atoms with van der Waals surface area (Å²) < 4.78 is 6.75. The fourth-order valence-corrected chi connectivity index (χ4v) is 18.3. The molecule has 3 nitrogen and oxygen atoms in total. The minimum atomic E-state index is 1.21. The number of benzene rings is 15. The highest BCUT2D eigenvalue weighted by Gasteiger charge is 2.30. The van der Waals surface area contributed by atoms with Crippen molar-refractivity contribution in [2.45, 2.75) is 34.6 Å². The van der Waals surface area contributed by atoms with Gasteiger partial charge in [-0.1, -0.05) is 309 Å². The number of aryl methyl sites for hydroxylation is 8. The van der Waals surface area contributed by atoms with Crippen LogP contribution in [-0.4, -0.2) is 0 Å². The van der Waals surface area contributed by atoms with Crippen molar-refractivity contribution in [1.29, 1.82) is 0 Å². The maximum absolute atomic E-state index is 2.42. The van der Waals surface area contributed by atoms with Gasteiger partial charge < -0.3 is 0 Å². The molecule has 0 fully saturated rings. The molecule has 552 valence electrons. The molecule has 3 aliphatic rings. The Labute approximate surface area is 682 Å². The molecular weight excluding hydrogens is 1400 g/mol. The standard InChI is InChI=1S/2C38H30N.C37H28N/c1-25-16-18-27(19-17-25)28-20-21-39(3)38(23-28)35-24-37-34-15-9-7-13-32(34)30-11-5-4-10-29(30)31-12-6-8-14-33(31)36(37)22-26(35)2;1-25-21-36-32-19-11-9-17-30(32)28-15-7-8-16-29(28)31-18-10-12-20-33(31)37(36)22-35(25)38-23-34(26(2)24-39(38)3)27-13-5-4-6-14-27;1-25-22-35-32-18-10-8-16-30(32)28-14-6-7-15-29(28)31-17-9-11-19-33(31)36(35)24-34(25)37-23-27(20-21-38(37)2)26-12-4-3-5-13-26/h2*4-24H,1-3H3;3-24H,1-2H3/q3*+1. The maximum atomic E-state index is 2.42. The van der Waals surface area contributed by atoms with Crippen LogP contribution in [0.15, 0.2) is 389 Å². The van der Waals surface area contributed by atoms with Crippen LogP contribution in [0.25, 0.3) is 201 Å². The Morgan fingerprint density at radius 2 is 0.371 bits per heavy atom. The Morgan fingerprint density at radius 1 is 0.147 bits per heavy atom. The van der Waals surface area contributed by atoms with E-state index in [0.29, 0.717) is 0 Å². The van der Waals surface area contributed by atoms with Gasteiger partial charge in [-0.05, 0) is 255 Å². The van der Waals surface area contributed by atoms with E-state index in [9.17, 15) is 0 Å². The zero-order chi connectivity index (χ0) is 78.7. The molecule has 3 heterocycles. The first-order chi connectivity index (χ1) is 56.9.